The maximum absolute atomic E-state index is 11.3. The molecule has 1 aromatic carbocycles. The van der Waals surface area contributed by atoms with Crippen molar-refractivity contribution in [2.45, 2.75) is 45.8 Å². The van der Waals surface area contributed by atoms with E-state index in [1.54, 1.807) is 19.1 Å². The number of anilines is 1. The third-order valence-corrected chi connectivity index (χ3v) is 4.67. The third kappa shape index (κ3) is 3.33. The quantitative estimate of drug-likeness (QED) is 0.577. The average Bonchev–Trinajstić information content (AvgIpc) is 2.67. The fourth-order valence-electron chi connectivity index (χ4n) is 2.50. The highest BCUT2D eigenvalue weighted by Gasteiger charge is 2.52. The van der Waals surface area contributed by atoms with Crippen LogP contribution in [0.25, 0.3) is 6.08 Å². The van der Waals surface area contributed by atoms with E-state index < -0.39 is 24.3 Å². The summed E-state index contributed by atoms with van der Waals surface area (Å²) in [5, 5.41) is 19.0. The minimum atomic E-state index is -1.09. The van der Waals surface area contributed by atoms with E-state index in [1.165, 1.54) is 6.07 Å². The number of aromatic carboxylic acids is 1. The van der Waals surface area contributed by atoms with Gasteiger partial charge in [-0.2, -0.15) is 0 Å². The normalized spacial score (nSPS) is 19.6. The fourth-order valence-corrected chi connectivity index (χ4v) is 2.50. The lowest BCUT2D eigenvalue weighted by molar-refractivity contribution is 0.00578. The van der Waals surface area contributed by atoms with E-state index in [1.807, 2.05) is 27.7 Å². The van der Waals surface area contributed by atoms with Crippen LogP contribution in [0.15, 0.2) is 17.6 Å². The van der Waals surface area contributed by atoms with Gasteiger partial charge in [-0.15, -0.1) is 0 Å². The molecule has 0 atom stereocenters. The van der Waals surface area contributed by atoms with Gasteiger partial charge in [-0.1, -0.05) is 6.08 Å². The molecule has 1 aliphatic rings. The molecule has 0 spiro atoms. The summed E-state index contributed by atoms with van der Waals surface area (Å²) in [5.74, 6) is -1.09. The highest BCUT2D eigenvalue weighted by molar-refractivity contribution is 6.55. The number of nitrogen functional groups attached to an aromatic ring is 1. The summed E-state index contributed by atoms with van der Waals surface area (Å²) in [6, 6.07) is 3.28. The summed E-state index contributed by atoms with van der Waals surface area (Å²) in [6.07, 6.45) is 1.64. The van der Waals surface area contributed by atoms with Gasteiger partial charge >= 0.3 is 13.1 Å². The Morgan fingerprint density at radius 1 is 1.25 bits per heavy atom. The number of aryl methyl sites for hydroxylation is 1. The van der Waals surface area contributed by atoms with Crippen LogP contribution in [-0.2, 0) is 9.31 Å². The molecule has 130 valence electrons. The first-order valence-corrected chi connectivity index (χ1v) is 7.79. The van der Waals surface area contributed by atoms with Crippen molar-refractivity contribution in [2.75, 3.05) is 12.3 Å². The average molecular weight is 333 g/mol. The number of aliphatic hydroxyl groups is 1. The summed E-state index contributed by atoms with van der Waals surface area (Å²) < 4.78 is 11.9. The number of aliphatic hydroxyl groups excluding tert-OH is 1. The number of rotatable bonds is 4. The maximum atomic E-state index is 11.3. The Hall–Kier alpha value is -1.83. The Morgan fingerprint density at radius 2 is 1.79 bits per heavy atom. The van der Waals surface area contributed by atoms with Crippen molar-refractivity contribution in [3.8, 4) is 0 Å². The first-order chi connectivity index (χ1) is 11.0. The third-order valence-electron chi connectivity index (χ3n) is 4.67. The van der Waals surface area contributed by atoms with Gasteiger partial charge < -0.3 is 25.3 Å². The molecule has 4 N–H and O–H groups in total. The predicted molar refractivity (Wildman–Crippen MR) is 93.7 cm³/mol. The predicted octanol–water partition coefficient (Wildman–Crippen LogP) is 2.28. The molecule has 0 amide bonds. The van der Waals surface area contributed by atoms with Crippen molar-refractivity contribution in [3.05, 3.63) is 34.3 Å². The van der Waals surface area contributed by atoms with Gasteiger partial charge in [-0.05, 0) is 63.4 Å². The zero-order chi connectivity index (χ0) is 18.3. The van der Waals surface area contributed by atoms with Crippen molar-refractivity contribution >= 4 is 24.9 Å². The SMILES string of the molecule is Cc1cc(C=C(CO)B2OC(C)(C)C(C)(C)O2)c(N)c(C(=O)O)c1. The maximum Gasteiger partial charge on any atom is 0.492 e. The van der Waals surface area contributed by atoms with Crippen molar-refractivity contribution in [1.82, 2.24) is 0 Å². The smallest absolute Gasteiger partial charge is 0.478 e. The zero-order valence-corrected chi connectivity index (χ0v) is 14.7. The second kappa shape index (κ2) is 6.24. The van der Waals surface area contributed by atoms with Crippen LogP contribution < -0.4 is 5.73 Å². The Bertz CT molecular complexity index is 680. The summed E-state index contributed by atoms with van der Waals surface area (Å²) in [5.41, 5.74) is 6.86. The molecule has 2 rings (SSSR count). The van der Waals surface area contributed by atoms with Crippen molar-refractivity contribution in [1.29, 1.82) is 0 Å². The van der Waals surface area contributed by atoms with Gasteiger partial charge in [0.1, 0.15) is 0 Å². The number of benzene rings is 1. The monoisotopic (exact) mass is 333 g/mol. The Labute approximate surface area is 142 Å². The molecule has 0 radical (unpaired) electrons. The Morgan fingerprint density at radius 3 is 2.25 bits per heavy atom. The van der Waals surface area contributed by atoms with Crippen LogP contribution in [0.5, 0.6) is 0 Å². The van der Waals surface area contributed by atoms with Gasteiger partial charge in [0.05, 0.1) is 29.1 Å². The molecule has 1 saturated heterocycles. The summed E-state index contributed by atoms with van der Waals surface area (Å²) >= 11 is 0. The van der Waals surface area contributed by atoms with Gasteiger partial charge in [0.15, 0.2) is 0 Å². The second-order valence-corrected chi connectivity index (χ2v) is 7.09. The van der Waals surface area contributed by atoms with Gasteiger partial charge in [-0.3, -0.25) is 0 Å². The van der Waals surface area contributed by atoms with E-state index >= 15 is 0 Å². The van der Waals surface area contributed by atoms with Crippen LogP contribution in [0, 0.1) is 6.92 Å². The van der Waals surface area contributed by atoms with Crippen molar-refractivity contribution < 1.29 is 24.3 Å². The molecule has 1 aliphatic heterocycles. The molecule has 0 aliphatic carbocycles. The van der Waals surface area contributed by atoms with Crippen LogP contribution >= 0.6 is 0 Å². The Kier molecular flexibility index (Phi) is 4.81. The molecule has 0 unspecified atom stereocenters. The molecule has 1 fully saturated rings. The second-order valence-electron chi connectivity index (χ2n) is 7.09. The zero-order valence-electron chi connectivity index (χ0n) is 14.7. The largest absolute Gasteiger partial charge is 0.492 e. The summed E-state index contributed by atoms with van der Waals surface area (Å²) in [6.45, 7) is 9.19. The lowest BCUT2D eigenvalue weighted by Crippen LogP contribution is -2.41. The molecule has 24 heavy (non-hydrogen) atoms. The molecular formula is C17H24BNO5. The summed E-state index contributed by atoms with van der Waals surface area (Å²) in [7, 11) is -0.715. The van der Waals surface area contributed by atoms with Crippen molar-refractivity contribution in [3.63, 3.8) is 0 Å². The van der Waals surface area contributed by atoms with Crippen molar-refractivity contribution in [2.24, 2.45) is 0 Å². The number of hydrogen-bond donors (Lipinski definition) is 3. The van der Waals surface area contributed by atoms with Gasteiger partial charge in [-0.25, -0.2) is 4.79 Å². The van der Waals surface area contributed by atoms with Crippen LogP contribution in [0.4, 0.5) is 5.69 Å². The molecule has 1 aromatic rings. The highest BCUT2D eigenvalue weighted by Crippen LogP contribution is 2.39. The number of nitrogens with two attached hydrogens (primary N) is 1. The van der Waals surface area contributed by atoms with E-state index in [2.05, 4.69) is 0 Å². The van der Waals surface area contributed by atoms with Crippen LogP contribution in [-0.4, -0.2) is 41.1 Å². The van der Waals surface area contributed by atoms with Gasteiger partial charge in [0.2, 0.25) is 0 Å². The summed E-state index contributed by atoms with van der Waals surface area (Å²) in [4.78, 5) is 11.3. The van der Waals surface area contributed by atoms with E-state index in [0.717, 1.165) is 5.56 Å². The molecular weight excluding hydrogens is 309 g/mol. The lowest BCUT2D eigenvalue weighted by atomic mass is 9.77. The topological polar surface area (TPSA) is 102 Å². The number of hydrogen-bond acceptors (Lipinski definition) is 5. The standard InChI is InChI=1S/C17H24BNO5/c1-10-6-11(14(19)13(7-10)15(21)22)8-12(9-20)18-23-16(2,3)17(4,5)24-18/h6-8,20H,9,19H2,1-5H3,(H,21,22). The van der Waals surface area contributed by atoms with Gasteiger partial charge in [0, 0.05) is 0 Å². The lowest BCUT2D eigenvalue weighted by Gasteiger charge is -2.32. The molecule has 6 nitrogen and oxygen atoms in total. The van der Waals surface area contributed by atoms with Crippen LogP contribution in [0.2, 0.25) is 0 Å². The highest BCUT2D eigenvalue weighted by atomic mass is 16.7. The molecule has 0 aromatic heterocycles. The van der Waals surface area contributed by atoms with E-state index in [0.29, 0.717) is 11.0 Å². The van der Waals surface area contributed by atoms with Crippen LogP contribution in [0.3, 0.4) is 0 Å². The minimum Gasteiger partial charge on any atom is -0.478 e. The van der Waals surface area contributed by atoms with E-state index in [4.69, 9.17) is 15.0 Å². The molecule has 0 bridgehead atoms. The fraction of sp³-hybridized carbons (Fsp3) is 0.471. The molecule has 0 saturated carbocycles. The number of carbonyl (C=O) groups is 1. The Balaban J connectivity index is 2.44. The van der Waals surface area contributed by atoms with E-state index in [-0.39, 0.29) is 17.9 Å². The first-order valence-electron chi connectivity index (χ1n) is 7.79. The molecule has 7 heteroatoms. The minimum absolute atomic E-state index is 0.0347. The number of carboxylic acid groups (broad SMARTS) is 1. The van der Waals surface area contributed by atoms with E-state index in [9.17, 15) is 15.0 Å². The van der Waals surface area contributed by atoms with Crippen LogP contribution in [0.1, 0.15) is 49.2 Å². The first kappa shape index (κ1) is 18.5. The number of carboxylic acids is 1. The van der Waals surface area contributed by atoms with Gasteiger partial charge in [0.25, 0.3) is 0 Å². The molecule has 1 heterocycles.